The van der Waals surface area contributed by atoms with Crippen molar-refractivity contribution in [3.05, 3.63) is 29.5 Å². The lowest BCUT2D eigenvalue weighted by atomic mass is 10.0. The smallest absolute Gasteiger partial charge is 0.0734 e. The van der Waals surface area contributed by atoms with Gasteiger partial charge in [-0.3, -0.25) is 4.68 Å². The second kappa shape index (κ2) is 3.32. The van der Waals surface area contributed by atoms with E-state index in [9.17, 15) is 0 Å². The summed E-state index contributed by atoms with van der Waals surface area (Å²) in [6, 6.07) is 6.54. The Balaban J connectivity index is 2.22. The minimum absolute atomic E-state index is 0.0941. The number of nitrogens with two attached hydrogens (primary N) is 1. The molecule has 1 heterocycles. The van der Waals surface area contributed by atoms with Crippen LogP contribution in [0.15, 0.2) is 18.2 Å². The van der Waals surface area contributed by atoms with Gasteiger partial charge in [0.15, 0.2) is 0 Å². The lowest BCUT2D eigenvalue weighted by Crippen LogP contribution is -2.04. The Morgan fingerprint density at radius 3 is 2.81 bits per heavy atom. The highest BCUT2D eigenvalue weighted by molar-refractivity contribution is 5.83. The van der Waals surface area contributed by atoms with E-state index in [-0.39, 0.29) is 6.04 Å². The summed E-state index contributed by atoms with van der Waals surface area (Å²) in [6.07, 6.45) is 2.57. The number of benzene rings is 1. The molecule has 0 amide bonds. The molecule has 1 fully saturated rings. The molecule has 0 saturated heterocycles. The van der Waals surface area contributed by atoms with E-state index in [4.69, 9.17) is 5.73 Å². The maximum Gasteiger partial charge on any atom is 0.0734 e. The second-order valence-electron chi connectivity index (χ2n) is 4.85. The fraction of sp³-hybridized carbons (Fsp3) is 0.462. The summed E-state index contributed by atoms with van der Waals surface area (Å²) in [4.78, 5) is 0. The number of aromatic nitrogens is 2. The zero-order valence-corrected chi connectivity index (χ0v) is 9.77. The standard InChI is InChI=1S/C13H17N3/c1-8(14)10-5-6-12-11(7-10)13(9-3-4-9)15-16(12)2/h5-9H,3-4,14H2,1-2H3. The molecule has 2 N–H and O–H groups in total. The number of rotatable bonds is 2. The van der Waals surface area contributed by atoms with Crippen LogP contribution in [0.25, 0.3) is 10.9 Å². The van der Waals surface area contributed by atoms with Crippen molar-refractivity contribution in [2.24, 2.45) is 12.8 Å². The van der Waals surface area contributed by atoms with Crippen molar-refractivity contribution in [2.75, 3.05) is 0 Å². The fourth-order valence-corrected chi connectivity index (χ4v) is 2.25. The highest BCUT2D eigenvalue weighted by Crippen LogP contribution is 2.42. The van der Waals surface area contributed by atoms with Gasteiger partial charge in [-0.1, -0.05) is 6.07 Å². The Labute approximate surface area is 95.2 Å². The van der Waals surface area contributed by atoms with Gasteiger partial charge in [0.1, 0.15) is 0 Å². The molecule has 1 atom stereocenters. The van der Waals surface area contributed by atoms with Crippen molar-refractivity contribution in [3.8, 4) is 0 Å². The van der Waals surface area contributed by atoms with E-state index in [0.29, 0.717) is 5.92 Å². The monoisotopic (exact) mass is 215 g/mol. The Kier molecular flexibility index (Phi) is 2.04. The first-order valence-electron chi connectivity index (χ1n) is 5.89. The molecule has 1 aromatic heterocycles. The zero-order valence-electron chi connectivity index (χ0n) is 9.77. The second-order valence-corrected chi connectivity index (χ2v) is 4.85. The highest BCUT2D eigenvalue weighted by atomic mass is 15.3. The largest absolute Gasteiger partial charge is 0.324 e. The van der Waals surface area contributed by atoms with Crippen LogP contribution in [0.1, 0.15) is 43.0 Å². The third-order valence-electron chi connectivity index (χ3n) is 3.39. The summed E-state index contributed by atoms with van der Waals surface area (Å²) in [5.74, 6) is 0.687. The molecule has 1 aliphatic carbocycles. The number of aryl methyl sites for hydroxylation is 1. The molecule has 3 rings (SSSR count). The van der Waals surface area contributed by atoms with E-state index in [1.54, 1.807) is 0 Å². The third kappa shape index (κ3) is 1.43. The van der Waals surface area contributed by atoms with Crippen LogP contribution < -0.4 is 5.73 Å². The molecule has 84 valence electrons. The first-order chi connectivity index (χ1) is 7.66. The van der Waals surface area contributed by atoms with Crippen LogP contribution >= 0.6 is 0 Å². The van der Waals surface area contributed by atoms with E-state index in [1.165, 1.54) is 35.0 Å². The molecule has 1 aliphatic rings. The van der Waals surface area contributed by atoms with Gasteiger partial charge in [-0.25, -0.2) is 0 Å². The maximum absolute atomic E-state index is 5.93. The van der Waals surface area contributed by atoms with Gasteiger partial charge in [-0.2, -0.15) is 5.10 Å². The molecule has 16 heavy (non-hydrogen) atoms. The number of nitrogens with zero attached hydrogens (tertiary/aromatic N) is 2. The Morgan fingerprint density at radius 1 is 1.44 bits per heavy atom. The summed E-state index contributed by atoms with van der Waals surface area (Å²) in [5, 5.41) is 5.92. The molecule has 0 spiro atoms. The molecule has 3 nitrogen and oxygen atoms in total. The average Bonchev–Trinajstić information content (AvgIpc) is 3.04. The van der Waals surface area contributed by atoms with Gasteiger partial charge in [0, 0.05) is 24.4 Å². The van der Waals surface area contributed by atoms with Crippen molar-refractivity contribution in [2.45, 2.75) is 31.7 Å². The van der Waals surface area contributed by atoms with E-state index in [1.807, 2.05) is 18.7 Å². The Morgan fingerprint density at radius 2 is 2.19 bits per heavy atom. The van der Waals surface area contributed by atoms with Crippen LogP contribution in [0.2, 0.25) is 0 Å². The van der Waals surface area contributed by atoms with E-state index >= 15 is 0 Å². The van der Waals surface area contributed by atoms with Crippen molar-refractivity contribution < 1.29 is 0 Å². The zero-order chi connectivity index (χ0) is 11.3. The molecule has 0 aliphatic heterocycles. The Hall–Kier alpha value is -1.35. The van der Waals surface area contributed by atoms with E-state index in [2.05, 4.69) is 23.3 Å². The van der Waals surface area contributed by atoms with Crippen molar-refractivity contribution in [1.29, 1.82) is 0 Å². The molecule has 2 aromatic rings. The van der Waals surface area contributed by atoms with Crippen LogP contribution in [0.3, 0.4) is 0 Å². The van der Waals surface area contributed by atoms with Crippen LogP contribution in [0.4, 0.5) is 0 Å². The highest BCUT2D eigenvalue weighted by Gasteiger charge is 2.28. The SMILES string of the molecule is CC(N)c1ccc2c(c1)c(C1CC1)nn2C. The van der Waals surface area contributed by atoms with E-state index in [0.717, 1.165) is 0 Å². The van der Waals surface area contributed by atoms with Gasteiger partial charge < -0.3 is 5.73 Å². The third-order valence-corrected chi connectivity index (χ3v) is 3.39. The van der Waals surface area contributed by atoms with Crippen LogP contribution in [0.5, 0.6) is 0 Å². The topological polar surface area (TPSA) is 43.8 Å². The predicted molar refractivity (Wildman–Crippen MR) is 65.3 cm³/mol. The van der Waals surface area contributed by atoms with Crippen LogP contribution in [0, 0.1) is 0 Å². The molecule has 0 radical (unpaired) electrons. The summed E-state index contributed by atoms with van der Waals surface area (Å²) in [5.41, 5.74) is 9.60. The summed E-state index contributed by atoms with van der Waals surface area (Å²) < 4.78 is 1.98. The molecule has 1 aromatic carbocycles. The van der Waals surface area contributed by atoms with Gasteiger partial charge >= 0.3 is 0 Å². The molecular weight excluding hydrogens is 198 g/mol. The molecule has 0 bridgehead atoms. The van der Waals surface area contributed by atoms with Crippen LogP contribution in [-0.4, -0.2) is 9.78 Å². The number of hydrogen-bond acceptors (Lipinski definition) is 2. The first-order valence-corrected chi connectivity index (χ1v) is 5.89. The maximum atomic E-state index is 5.93. The van der Waals surface area contributed by atoms with E-state index < -0.39 is 0 Å². The molecule has 1 unspecified atom stereocenters. The molecule has 1 saturated carbocycles. The normalized spacial score (nSPS) is 17.9. The van der Waals surface area contributed by atoms with Gasteiger partial charge in [0.25, 0.3) is 0 Å². The minimum atomic E-state index is 0.0941. The van der Waals surface area contributed by atoms with Crippen molar-refractivity contribution in [3.63, 3.8) is 0 Å². The van der Waals surface area contributed by atoms with Gasteiger partial charge in [0.2, 0.25) is 0 Å². The predicted octanol–water partition coefficient (Wildman–Crippen LogP) is 2.47. The van der Waals surface area contributed by atoms with Crippen LogP contribution in [-0.2, 0) is 7.05 Å². The van der Waals surface area contributed by atoms with Gasteiger partial charge in [-0.05, 0) is 37.5 Å². The fourth-order valence-electron chi connectivity index (χ4n) is 2.25. The lowest BCUT2D eigenvalue weighted by molar-refractivity contribution is 0.767. The van der Waals surface area contributed by atoms with Crippen molar-refractivity contribution >= 4 is 10.9 Å². The summed E-state index contributed by atoms with van der Waals surface area (Å²) >= 11 is 0. The summed E-state index contributed by atoms with van der Waals surface area (Å²) in [6.45, 7) is 2.02. The quantitative estimate of drug-likeness (QED) is 0.836. The number of hydrogen-bond donors (Lipinski definition) is 1. The summed E-state index contributed by atoms with van der Waals surface area (Å²) in [7, 11) is 2.01. The first kappa shape index (κ1) is 9.85. The van der Waals surface area contributed by atoms with Gasteiger partial charge in [0.05, 0.1) is 11.2 Å². The average molecular weight is 215 g/mol. The number of fused-ring (bicyclic) bond motifs is 1. The molecular formula is C13H17N3. The molecule has 3 heteroatoms. The lowest BCUT2D eigenvalue weighted by Gasteiger charge is -2.05. The van der Waals surface area contributed by atoms with Gasteiger partial charge in [-0.15, -0.1) is 0 Å². The minimum Gasteiger partial charge on any atom is -0.324 e. The Bertz CT molecular complexity index is 535. The van der Waals surface area contributed by atoms with Crippen molar-refractivity contribution in [1.82, 2.24) is 9.78 Å².